The predicted octanol–water partition coefficient (Wildman–Crippen LogP) is 4.01. The van der Waals surface area contributed by atoms with E-state index in [0.29, 0.717) is 13.0 Å². The van der Waals surface area contributed by atoms with E-state index in [1.165, 1.54) is 12.1 Å². The van der Waals surface area contributed by atoms with Gasteiger partial charge in [0.25, 0.3) is 0 Å². The van der Waals surface area contributed by atoms with Gasteiger partial charge in [-0.25, -0.2) is 4.98 Å². The summed E-state index contributed by atoms with van der Waals surface area (Å²) >= 11 is 0. The molecule has 0 aliphatic rings. The molecule has 2 nitrogen and oxygen atoms in total. The van der Waals surface area contributed by atoms with E-state index in [9.17, 15) is 13.2 Å². The van der Waals surface area contributed by atoms with Crippen molar-refractivity contribution in [2.24, 2.45) is 0 Å². The van der Waals surface area contributed by atoms with Crippen molar-refractivity contribution in [2.75, 3.05) is 6.61 Å². The first-order valence-corrected chi connectivity index (χ1v) is 5.61. The number of hydrogen-bond donors (Lipinski definition) is 0. The zero-order valence-corrected chi connectivity index (χ0v) is 10.1. The fourth-order valence-electron chi connectivity index (χ4n) is 1.52. The van der Waals surface area contributed by atoms with Gasteiger partial charge in [-0.3, -0.25) is 0 Å². The molecule has 0 fully saturated rings. The summed E-state index contributed by atoms with van der Waals surface area (Å²) in [5, 5.41) is 0. The molecule has 1 atom stereocenters. The van der Waals surface area contributed by atoms with E-state index >= 15 is 0 Å². The minimum atomic E-state index is -4.44. The molecule has 0 bridgehead atoms. The monoisotopic (exact) mass is 247 g/mol. The molecule has 0 saturated carbocycles. The molecule has 0 aromatic carbocycles. The van der Waals surface area contributed by atoms with E-state index in [4.69, 9.17) is 4.74 Å². The molecular formula is C12H16F3NO. The molecule has 0 aliphatic heterocycles. The van der Waals surface area contributed by atoms with Crippen LogP contribution in [0.3, 0.4) is 0 Å². The second-order valence-electron chi connectivity index (χ2n) is 3.83. The summed E-state index contributed by atoms with van der Waals surface area (Å²) in [4.78, 5) is 3.56. The maximum absolute atomic E-state index is 12.8. The molecule has 0 saturated heterocycles. The van der Waals surface area contributed by atoms with E-state index in [-0.39, 0.29) is 17.4 Å². The smallest absolute Gasteiger partial charge is 0.433 e. The van der Waals surface area contributed by atoms with E-state index in [0.717, 1.165) is 0 Å². The van der Waals surface area contributed by atoms with Gasteiger partial charge in [0.1, 0.15) is 0 Å². The minimum Gasteiger partial charge on any atom is -0.478 e. The first-order chi connectivity index (χ1) is 7.90. The van der Waals surface area contributed by atoms with Gasteiger partial charge in [-0.05, 0) is 24.8 Å². The fraction of sp³-hybridized carbons (Fsp3) is 0.583. The summed E-state index contributed by atoms with van der Waals surface area (Å²) in [5.41, 5.74) is -0.610. The Balaban J connectivity index is 3.22. The van der Waals surface area contributed by atoms with E-state index < -0.39 is 11.9 Å². The predicted molar refractivity (Wildman–Crippen MR) is 59.1 cm³/mol. The van der Waals surface area contributed by atoms with Crippen LogP contribution >= 0.6 is 0 Å². The van der Waals surface area contributed by atoms with Crippen LogP contribution in [-0.2, 0) is 6.18 Å². The van der Waals surface area contributed by atoms with Crippen molar-refractivity contribution in [3.8, 4) is 5.88 Å². The van der Waals surface area contributed by atoms with Gasteiger partial charge in [0.05, 0.1) is 6.61 Å². The van der Waals surface area contributed by atoms with Crippen molar-refractivity contribution in [2.45, 2.75) is 39.3 Å². The molecule has 0 N–H and O–H groups in total. The second-order valence-corrected chi connectivity index (χ2v) is 3.83. The molecule has 1 aromatic rings. The van der Waals surface area contributed by atoms with Gasteiger partial charge in [-0.15, -0.1) is 0 Å². The lowest BCUT2D eigenvalue weighted by atomic mass is 9.97. The zero-order valence-electron chi connectivity index (χ0n) is 10.1. The van der Waals surface area contributed by atoms with Crippen LogP contribution in [0.1, 0.15) is 44.4 Å². The maximum Gasteiger partial charge on any atom is 0.433 e. The number of halogens is 3. The van der Waals surface area contributed by atoms with Crippen LogP contribution in [0.2, 0.25) is 0 Å². The number of ether oxygens (including phenoxy) is 1. The third-order valence-corrected chi connectivity index (χ3v) is 2.60. The Labute approximate surface area is 98.8 Å². The Kier molecular flexibility index (Phi) is 4.37. The molecule has 96 valence electrons. The molecule has 1 aromatic heterocycles. The van der Waals surface area contributed by atoms with Gasteiger partial charge in [0, 0.05) is 6.07 Å². The topological polar surface area (TPSA) is 22.1 Å². The standard InChI is InChI=1S/C12H16F3NO/c1-4-8(3)9-6-7-10(17-5-2)16-11(9)12(13,14)15/h6-8H,4-5H2,1-3H3. The van der Waals surface area contributed by atoms with Crippen molar-refractivity contribution < 1.29 is 17.9 Å². The third-order valence-electron chi connectivity index (χ3n) is 2.60. The molecule has 0 amide bonds. The molecule has 17 heavy (non-hydrogen) atoms. The van der Waals surface area contributed by atoms with Crippen LogP contribution in [0.25, 0.3) is 0 Å². The van der Waals surface area contributed by atoms with Crippen LogP contribution in [0.4, 0.5) is 13.2 Å². The molecule has 0 aliphatic carbocycles. The summed E-state index contributed by atoms with van der Waals surface area (Å²) in [6.45, 7) is 5.61. The van der Waals surface area contributed by atoms with Gasteiger partial charge >= 0.3 is 6.18 Å². The van der Waals surface area contributed by atoms with Crippen molar-refractivity contribution >= 4 is 0 Å². The van der Waals surface area contributed by atoms with Crippen LogP contribution in [0.5, 0.6) is 5.88 Å². The highest BCUT2D eigenvalue weighted by Gasteiger charge is 2.36. The number of pyridine rings is 1. The highest BCUT2D eigenvalue weighted by atomic mass is 19.4. The summed E-state index contributed by atoms with van der Waals surface area (Å²) in [6, 6.07) is 2.94. The van der Waals surface area contributed by atoms with Crippen molar-refractivity contribution in [1.82, 2.24) is 4.98 Å². The number of aromatic nitrogens is 1. The van der Waals surface area contributed by atoms with Crippen molar-refractivity contribution in [3.05, 3.63) is 23.4 Å². The molecule has 0 spiro atoms. The molecule has 5 heteroatoms. The normalized spacial score (nSPS) is 13.5. The van der Waals surface area contributed by atoms with Gasteiger partial charge in [0.15, 0.2) is 5.69 Å². The summed E-state index contributed by atoms with van der Waals surface area (Å²) in [6.07, 6.45) is -3.80. The van der Waals surface area contributed by atoms with Gasteiger partial charge in [0.2, 0.25) is 5.88 Å². The molecule has 1 heterocycles. The number of alkyl halides is 3. The summed E-state index contributed by atoms with van der Waals surface area (Å²) in [7, 11) is 0. The van der Waals surface area contributed by atoms with Crippen LogP contribution in [0, 0.1) is 0 Å². The Morgan fingerprint density at radius 3 is 2.41 bits per heavy atom. The Morgan fingerprint density at radius 1 is 1.29 bits per heavy atom. The van der Waals surface area contributed by atoms with Crippen LogP contribution in [0.15, 0.2) is 12.1 Å². The zero-order chi connectivity index (χ0) is 13.1. The largest absolute Gasteiger partial charge is 0.478 e. The van der Waals surface area contributed by atoms with Gasteiger partial charge < -0.3 is 4.74 Å². The van der Waals surface area contributed by atoms with Gasteiger partial charge in [-0.1, -0.05) is 19.9 Å². The van der Waals surface area contributed by atoms with Crippen LogP contribution in [-0.4, -0.2) is 11.6 Å². The molecular weight excluding hydrogens is 231 g/mol. The lowest BCUT2D eigenvalue weighted by Crippen LogP contribution is -2.14. The maximum atomic E-state index is 12.8. The Morgan fingerprint density at radius 2 is 1.94 bits per heavy atom. The minimum absolute atomic E-state index is 0.0203. The molecule has 0 radical (unpaired) electrons. The SMILES string of the molecule is CCOc1ccc(C(C)CC)c(C(F)(F)F)n1. The highest BCUT2D eigenvalue weighted by molar-refractivity contribution is 5.30. The van der Waals surface area contributed by atoms with Crippen molar-refractivity contribution in [3.63, 3.8) is 0 Å². The number of nitrogens with zero attached hydrogens (tertiary/aromatic N) is 1. The average molecular weight is 247 g/mol. The number of rotatable bonds is 4. The third kappa shape index (κ3) is 3.35. The van der Waals surface area contributed by atoms with Crippen molar-refractivity contribution in [1.29, 1.82) is 0 Å². The van der Waals surface area contributed by atoms with E-state index in [1.54, 1.807) is 13.8 Å². The average Bonchev–Trinajstić information content (AvgIpc) is 2.27. The quantitative estimate of drug-likeness (QED) is 0.801. The van der Waals surface area contributed by atoms with Gasteiger partial charge in [-0.2, -0.15) is 13.2 Å². The lowest BCUT2D eigenvalue weighted by molar-refractivity contribution is -0.142. The fourth-order valence-corrected chi connectivity index (χ4v) is 1.52. The number of hydrogen-bond acceptors (Lipinski definition) is 2. The second kappa shape index (κ2) is 5.38. The Bertz CT molecular complexity index is 377. The van der Waals surface area contributed by atoms with E-state index in [2.05, 4.69) is 4.98 Å². The Hall–Kier alpha value is -1.26. The highest BCUT2D eigenvalue weighted by Crippen LogP contribution is 2.35. The lowest BCUT2D eigenvalue weighted by Gasteiger charge is -2.17. The summed E-state index contributed by atoms with van der Waals surface area (Å²) < 4.78 is 43.5. The first-order valence-electron chi connectivity index (χ1n) is 5.61. The first kappa shape index (κ1) is 13.8. The van der Waals surface area contributed by atoms with E-state index in [1.807, 2.05) is 6.92 Å². The molecule has 1 unspecified atom stereocenters. The summed E-state index contributed by atoms with van der Waals surface area (Å²) in [5.74, 6) is -0.151. The van der Waals surface area contributed by atoms with Crippen LogP contribution < -0.4 is 4.74 Å². The molecule has 1 rings (SSSR count).